The van der Waals surface area contributed by atoms with E-state index < -0.39 is 0 Å². The highest BCUT2D eigenvalue weighted by Crippen LogP contribution is 2.24. The van der Waals surface area contributed by atoms with Crippen LogP contribution >= 0.6 is 15.9 Å². The normalized spacial score (nSPS) is 15.0. The number of carbonyl (C=O) groups is 1. The number of nitrogens with zero attached hydrogens (tertiary/aromatic N) is 4. The molecule has 4 heterocycles. The van der Waals surface area contributed by atoms with Gasteiger partial charge in [0.25, 0.3) is 5.91 Å². The Bertz CT molecular complexity index is 882. The average molecular weight is 385 g/mol. The highest BCUT2D eigenvalue weighted by molar-refractivity contribution is 9.10. The molecule has 0 aliphatic carbocycles. The van der Waals surface area contributed by atoms with Crippen molar-refractivity contribution in [2.45, 2.75) is 19.3 Å². The molecule has 1 saturated heterocycles. The summed E-state index contributed by atoms with van der Waals surface area (Å²) in [4.78, 5) is 19.0. The number of halogens is 1. The number of pyridine rings is 2. The van der Waals surface area contributed by atoms with E-state index in [4.69, 9.17) is 0 Å². The minimum atomic E-state index is 0.0794. The van der Waals surface area contributed by atoms with Crippen LogP contribution in [-0.4, -0.2) is 38.5 Å². The predicted molar refractivity (Wildman–Crippen MR) is 95.9 cm³/mol. The molecule has 0 unspecified atom stereocenters. The van der Waals surface area contributed by atoms with Crippen LogP contribution in [0.4, 0.5) is 0 Å². The third-order valence-corrected chi connectivity index (χ3v) is 4.91. The predicted octanol–water partition coefficient (Wildman–Crippen LogP) is 3.78. The van der Waals surface area contributed by atoms with Gasteiger partial charge in [0.2, 0.25) is 0 Å². The first kappa shape index (κ1) is 15.3. The molecular formula is C18H17BrN4O. The van der Waals surface area contributed by atoms with Gasteiger partial charge in [-0.3, -0.25) is 4.79 Å². The van der Waals surface area contributed by atoms with Gasteiger partial charge in [-0.15, -0.1) is 0 Å². The Morgan fingerprint density at radius 2 is 1.88 bits per heavy atom. The minimum Gasteiger partial charge on any atom is -0.339 e. The second kappa shape index (κ2) is 6.36. The van der Waals surface area contributed by atoms with Crippen molar-refractivity contribution < 1.29 is 4.79 Å². The first-order chi connectivity index (χ1) is 11.7. The molecule has 24 heavy (non-hydrogen) atoms. The van der Waals surface area contributed by atoms with Crippen molar-refractivity contribution in [3.8, 4) is 11.3 Å². The van der Waals surface area contributed by atoms with Gasteiger partial charge in [-0.1, -0.05) is 6.07 Å². The summed E-state index contributed by atoms with van der Waals surface area (Å²) in [7, 11) is 0. The van der Waals surface area contributed by atoms with E-state index in [1.54, 1.807) is 12.4 Å². The fraction of sp³-hybridized carbons (Fsp3) is 0.278. The summed E-state index contributed by atoms with van der Waals surface area (Å²) in [6, 6.07) is 9.78. The lowest BCUT2D eigenvalue weighted by molar-refractivity contribution is 0.0726. The number of carbonyl (C=O) groups excluding carboxylic acids is 1. The summed E-state index contributed by atoms with van der Waals surface area (Å²) in [6.07, 6.45) is 6.86. The number of hydrogen-bond donors (Lipinski definition) is 0. The smallest absolute Gasteiger partial charge is 0.257 e. The fourth-order valence-electron chi connectivity index (χ4n) is 3.19. The summed E-state index contributed by atoms with van der Waals surface area (Å²) in [5.41, 5.74) is 3.39. The third-order valence-electron chi connectivity index (χ3n) is 4.44. The Morgan fingerprint density at radius 3 is 2.62 bits per heavy atom. The molecular weight excluding hydrogens is 368 g/mol. The third kappa shape index (κ3) is 2.71. The summed E-state index contributed by atoms with van der Waals surface area (Å²) < 4.78 is 2.61. The van der Waals surface area contributed by atoms with Crippen LogP contribution in [0.5, 0.6) is 0 Å². The number of rotatable bonds is 2. The molecule has 1 fully saturated rings. The highest BCUT2D eigenvalue weighted by atomic mass is 79.9. The quantitative estimate of drug-likeness (QED) is 0.631. The second-order valence-electron chi connectivity index (χ2n) is 5.99. The van der Waals surface area contributed by atoms with Gasteiger partial charge in [0, 0.05) is 24.8 Å². The van der Waals surface area contributed by atoms with Crippen molar-refractivity contribution in [2.75, 3.05) is 13.1 Å². The van der Waals surface area contributed by atoms with Gasteiger partial charge in [0.05, 0.1) is 23.0 Å². The molecule has 3 aromatic heterocycles. The summed E-state index contributed by atoms with van der Waals surface area (Å²) in [5.74, 6) is 0.0794. The molecule has 0 aromatic carbocycles. The number of fused-ring (bicyclic) bond motifs is 1. The number of hydrogen-bond acceptors (Lipinski definition) is 3. The number of amides is 1. The molecule has 1 amide bonds. The standard InChI is InChI=1S/C18H17BrN4O/c19-17-8-7-13(11-20-17)15-5-4-6-16-14(12-21-23(15)16)18(24)22-9-2-1-3-10-22/h4-8,11-12H,1-3,9-10H2. The molecule has 0 saturated carbocycles. The van der Waals surface area contributed by atoms with Crippen LogP contribution in [0.2, 0.25) is 0 Å². The maximum absolute atomic E-state index is 12.8. The number of likely N-dealkylation sites (tertiary alicyclic amines) is 1. The van der Waals surface area contributed by atoms with Crippen molar-refractivity contribution in [3.63, 3.8) is 0 Å². The lowest BCUT2D eigenvalue weighted by Gasteiger charge is -2.26. The van der Waals surface area contributed by atoms with Crippen LogP contribution in [0.3, 0.4) is 0 Å². The average Bonchev–Trinajstić information content (AvgIpc) is 3.07. The summed E-state index contributed by atoms with van der Waals surface area (Å²) in [6.45, 7) is 1.68. The zero-order valence-corrected chi connectivity index (χ0v) is 14.7. The van der Waals surface area contributed by atoms with Gasteiger partial charge >= 0.3 is 0 Å². The van der Waals surface area contributed by atoms with Crippen LogP contribution in [-0.2, 0) is 0 Å². The van der Waals surface area contributed by atoms with Gasteiger partial charge in [-0.25, -0.2) is 9.50 Å². The van der Waals surface area contributed by atoms with Crippen molar-refractivity contribution in [3.05, 3.63) is 52.9 Å². The summed E-state index contributed by atoms with van der Waals surface area (Å²) in [5, 5.41) is 4.46. The zero-order valence-electron chi connectivity index (χ0n) is 13.2. The number of aromatic nitrogens is 3. The maximum Gasteiger partial charge on any atom is 0.257 e. The monoisotopic (exact) mass is 384 g/mol. The van der Waals surface area contributed by atoms with Crippen molar-refractivity contribution >= 4 is 27.4 Å². The van der Waals surface area contributed by atoms with E-state index in [9.17, 15) is 4.79 Å². The van der Waals surface area contributed by atoms with E-state index in [0.717, 1.165) is 47.3 Å². The first-order valence-electron chi connectivity index (χ1n) is 8.12. The van der Waals surface area contributed by atoms with Crippen LogP contribution in [0.15, 0.2) is 47.3 Å². The minimum absolute atomic E-state index is 0.0794. The molecule has 3 aromatic rings. The molecule has 4 rings (SSSR count). The Hall–Kier alpha value is -2.21. The van der Waals surface area contributed by atoms with Crippen molar-refractivity contribution in [1.82, 2.24) is 19.5 Å². The lowest BCUT2D eigenvalue weighted by atomic mass is 10.1. The molecule has 6 heteroatoms. The zero-order chi connectivity index (χ0) is 16.5. The fourth-order valence-corrected chi connectivity index (χ4v) is 3.42. The van der Waals surface area contributed by atoms with E-state index in [2.05, 4.69) is 26.0 Å². The maximum atomic E-state index is 12.8. The topological polar surface area (TPSA) is 50.5 Å². The van der Waals surface area contributed by atoms with E-state index in [-0.39, 0.29) is 5.91 Å². The Labute approximate surface area is 148 Å². The van der Waals surface area contributed by atoms with Crippen LogP contribution in [0.25, 0.3) is 16.8 Å². The molecule has 0 spiro atoms. The van der Waals surface area contributed by atoms with Gasteiger partial charge in [-0.2, -0.15) is 5.10 Å². The van der Waals surface area contributed by atoms with E-state index in [1.807, 2.05) is 39.7 Å². The molecule has 122 valence electrons. The molecule has 1 aliphatic rings. The van der Waals surface area contributed by atoms with Gasteiger partial charge in [0.15, 0.2) is 0 Å². The SMILES string of the molecule is O=C(c1cnn2c(-c3ccc(Br)nc3)cccc12)N1CCCCC1. The first-order valence-corrected chi connectivity index (χ1v) is 8.91. The molecule has 0 bridgehead atoms. The van der Waals surface area contributed by atoms with Crippen LogP contribution in [0, 0.1) is 0 Å². The van der Waals surface area contributed by atoms with E-state index in [1.165, 1.54) is 6.42 Å². The Morgan fingerprint density at radius 1 is 1.04 bits per heavy atom. The van der Waals surface area contributed by atoms with E-state index >= 15 is 0 Å². The summed E-state index contributed by atoms with van der Waals surface area (Å²) >= 11 is 3.35. The molecule has 0 atom stereocenters. The van der Waals surface area contributed by atoms with Gasteiger partial charge < -0.3 is 4.90 Å². The van der Waals surface area contributed by atoms with Crippen molar-refractivity contribution in [2.24, 2.45) is 0 Å². The van der Waals surface area contributed by atoms with Gasteiger partial charge in [-0.05, 0) is 59.5 Å². The van der Waals surface area contributed by atoms with E-state index in [0.29, 0.717) is 5.56 Å². The van der Waals surface area contributed by atoms with Crippen LogP contribution in [0.1, 0.15) is 29.6 Å². The Balaban J connectivity index is 1.76. The second-order valence-corrected chi connectivity index (χ2v) is 6.80. The molecule has 1 aliphatic heterocycles. The van der Waals surface area contributed by atoms with Gasteiger partial charge in [0.1, 0.15) is 4.60 Å². The lowest BCUT2D eigenvalue weighted by Crippen LogP contribution is -2.35. The Kier molecular flexibility index (Phi) is 4.06. The largest absolute Gasteiger partial charge is 0.339 e. The number of piperidine rings is 1. The molecule has 5 nitrogen and oxygen atoms in total. The molecule has 0 N–H and O–H groups in total. The molecule has 0 radical (unpaired) electrons. The highest BCUT2D eigenvalue weighted by Gasteiger charge is 2.22. The van der Waals surface area contributed by atoms with Crippen molar-refractivity contribution in [1.29, 1.82) is 0 Å². The van der Waals surface area contributed by atoms with Crippen LogP contribution < -0.4 is 0 Å².